The van der Waals surface area contributed by atoms with E-state index < -0.39 is 0 Å². The van der Waals surface area contributed by atoms with Crippen LogP contribution in [0.3, 0.4) is 0 Å². The highest BCUT2D eigenvalue weighted by atomic mass is 16.5. The topological polar surface area (TPSA) is 50.8 Å². The molecule has 0 bridgehead atoms. The summed E-state index contributed by atoms with van der Waals surface area (Å²) in [6.07, 6.45) is 3.40. The zero-order valence-corrected chi connectivity index (χ0v) is 16.8. The van der Waals surface area contributed by atoms with Crippen LogP contribution in [-0.4, -0.2) is 44.2 Å². The molecule has 28 heavy (non-hydrogen) atoms. The average molecular weight is 383 g/mol. The molecule has 1 atom stereocenters. The predicted molar refractivity (Wildman–Crippen MR) is 111 cm³/mol. The number of ether oxygens (including phenoxy) is 2. The molecule has 5 nitrogen and oxygen atoms in total. The molecule has 1 amide bonds. The molecule has 2 aromatic rings. The van der Waals surface area contributed by atoms with Gasteiger partial charge in [-0.2, -0.15) is 0 Å². The minimum atomic E-state index is -0.0997. The van der Waals surface area contributed by atoms with Gasteiger partial charge in [-0.1, -0.05) is 31.2 Å². The van der Waals surface area contributed by atoms with Crippen LogP contribution >= 0.6 is 0 Å². The van der Waals surface area contributed by atoms with Crippen molar-refractivity contribution in [2.24, 2.45) is 0 Å². The third-order valence-electron chi connectivity index (χ3n) is 5.28. The maximum atomic E-state index is 12.3. The number of aryl methyl sites for hydroxylation is 1. The normalized spacial score (nSPS) is 15.2. The molecule has 1 fully saturated rings. The van der Waals surface area contributed by atoms with E-state index in [0.29, 0.717) is 6.54 Å². The molecule has 1 saturated heterocycles. The molecule has 1 unspecified atom stereocenters. The van der Waals surface area contributed by atoms with Gasteiger partial charge in [-0.3, -0.25) is 9.69 Å². The molecular weight excluding hydrogens is 352 g/mol. The number of benzene rings is 2. The van der Waals surface area contributed by atoms with Crippen LogP contribution in [0, 0.1) is 0 Å². The van der Waals surface area contributed by atoms with Crippen LogP contribution in [-0.2, 0) is 11.2 Å². The van der Waals surface area contributed by atoms with Gasteiger partial charge < -0.3 is 14.8 Å². The van der Waals surface area contributed by atoms with E-state index in [9.17, 15) is 4.79 Å². The summed E-state index contributed by atoms with van der Waals surface area (Å²) in [6, 6.07) is 16.2. The maximum absolute atomic E-state index is 12.3. The summed E-state index contributed by atoms with van der Waals surface area (Å²) in [5, 5.41) is 3.04. The lowest BCUT2D eigenvalue weighted by molar-refractivity contribution is -0.123. The first kappa shape index (κ1) is 20.2. The van der Waals surface area contributed by atoms with E-state index in [2.05, 4.69) is 29.3 Å². The highest BCUT2D eigenvalue weighted by Crippen LogP contribution is 2.26. The van der Waals surface area contributed by atoms with Gasteiger partial charge in [-0.25, -0.2) is 0 Å². The lowest BCUT2D eigenvalue weighted by atomic mass is 10.1. The summed E-state index contributed by atoms with van der Waals surface area (Å²) in [6.45, 7) is 4.84. The molecule has 5 heteroatoms. The van der Waals surface area contributed by atoms with Crippen molar-refractivity contribution in [2.45, 2.75) is 32.2 Å². The van der Waals surface area contributed by atoms with Crippen LogP contribution in [0.1, 0.15) is 36.9 Å². The fourth-order valence-corrected chi connectivity index (χ4v) is 3.57. The largest absolute Gasteiger partial charge is 0.497 e. The van der Waals surface area contributed by atoms with Crippen molar-refractivity contribution >= 4 is 5.91 Å². The number of amides is 1. The monoisotopic (exact) mass is 382 g/mol. The van der Waals surface area contributed by atoms with E-state index in [1.54, 1.807) is 7.11 Å². The van der Waals surface area contributed by atoms with Crippen molar-refractivity contribution in [1.29, 1.82) is 0 Å². The first-order valence-electron chi connectivity index (χ1n) is 10.1. The van der Waals surface area contributed by atoms with Gasteiger partial charge in [-0.15, -0.1) is 0 Å². The van der Waals surface area contributed by atoms with Crippen LogP contribution in [0.15, 0.2) is 48.5 Å². The first-order chi connectivity index (χ1) is 13.7. The van der Waals surface area contributed by atoms with E-state index in [0.717, 1.165) is 31.0 Å². The third kappa shape index (κ3) is 5.49. The van der Waals surface area contributed by atoms with Crippen LogP contribution in [0.25, 0.3) is 0 Å². The van der Waals surface area contributed by atoms with Gasteiger partial charge in [0.25, 0.3) is 5.91 Å². The van der Waals surface area contributed by atoms with Crippen molar-refractivity contribution in [3.63, 3.8) is 0 Å². The number of nitrogens with one attached hydrogen (secondary N) is 1. The average Bonchev–Trinajstić information content (AvgIpc) is 3.28. The molecule has 150 valence electrons. The molecule has 0 spiro atoms. The molecule has 3 rings (SSSR count). The van der Waals surface area contributed by atoms with Crippen molar-refractivity contribution < 1.29 is 14.3 Å². The van der Waals surface area contributed by atoms with Gasteiger partial charge in [-0.05, 0) is 67.7 Å². The molecule has 0 aromatic heterocycles. The molecule has 1 heterocycles. The van der Waals surface area contributed by atoms with Crippen LogP contribution < -0.4 is 14.8 Å². The summed E-state index contributed by atoms with van der Waals surface area (Å²) in [7, 11) is 1.67. The standard InChI is InChI=1S/C23H30N2O3/c1-3-18-6-10-21(11-7-18)28-17-23(26)24-16-22(25-14-4-5-15-25)19-8-12-20(27-2)13-9-19/h6-13,22H,3-5,14-17H2,1-2H3,(H,24,26). The van der Waals surface area contributed by atoms with Crippen molar-refractivity contribution in [2.75, 3.05) is 33.4 Å². The number of nitrogens with zero attached hydrogens (tertiary/aromatic N) is 1. The highest BCUT2D eigenvalue weighted by Gasteiger charge is 2.24. The van der Waals surface area contributed by atoms with Gasteiger partial charge in [0.15, 0.2) is 6.61 Å². The quantitative estimate of drug-likeness (QED) is 0.720. The van der Waals surface area contributed by atoms with E-state index in [4.69, 9.17) is 9.47 Å². The molecule has 1 aliphatic heterocycles. The number of methoxy groups -OCH3 is 1. The molecular formula is C23H30N2O3. The Kier molecular flexibility index (Phi) is 7.31. The van der Waals surface area contributed by atoms with E-state index >= 15 is 0 Å². The molecule has 1 N–H and O–H groups in total. The molecule has 2 aromatic carbocycles. The minimum Gasteiger partial charge on any atom is -0.497 e. The Morgan fingerprint density at radius 2 is 1.68 bits per heavy atom. The molecule has 1 aliphatic rings. The zero-order valence-electron chi connectivity index (χ0n) is 16.8. The number of hydrogen-bond donors (Lipinski definition) is 1. The molecule has 0 radical (unpaired) electrons. The summed E-state index contributed by atoms with van der Waals surface area (Å²) >= 11 is 0. The second-order valence-corrected chi connectivity index (χ2v) is 7.12. The number of carbonyl (C=O) groups excluding carboxylic acids is 1. The smallest absolute Gasteiger partial charge is 0.258 e. The second-order valence-electron chi connectivity index (χ2n) is 7.12. The summed E-state index contributed by atoms with van der Waals surface area (Å²) in [5.74, 6) is 1.46. The van der Waals surface area contributed by atoms with E-state index in [1.165, 1.54) is 24.0 Å². The van der Waals surface area contributed by atoms with Gasteiger partial charge in [0.2, 0.25) is 0 Å². The Morgan fingerprint density at radius 3 is 2.29 bits per heavy atom. The lowest BCUT2D eigenvalue weighted by Crippen LogP contribution is -2.38. The number of hydrogen-bond acceptors (Lipinski definition) is 4. The molecule has 0 aliphatic carbocycles. The lowest BCUT2D eigenvalue weighted by Gasteiger charge is -2.28. The van der Waals surface area contributed by atoms with Crippen molar-refractivity contribution in [1.82, 2.24) is 10.2 Å². The number of carbonyl (C=O) groups is 1. The van der Waals surface area contributed by atoms with Crippen molar-refractivity contribution in [3.8, 4) is 11.5 Å². The van der Waals surface area contributed by atoms with Gasteiger partial charge in [0, 0.05) is 6.54 Å². The Hall–Kier alpha value is -2.53. The Labute approximate surface area is 167 Å². The fraction of sp³-hybridized carbons (Fsp3) is 0.435. The predicted octanol–water partition coefficient (Wildman–Crippen LogP) is 3.59. The van der Waals surface area contributed by atoms with Gasteiger partial charge in [0.05, 0.1) is 13.2 Å². The van der Waals surface area contributed by atoms with Crippen LogP contribution in [0.4, 0.5) is 0 Å². The third-order valence-corrected chi connectivity index (χ3v) is 5.28. The summed E-state index contributed by atoms with van der Waals surface area (Å²) in [5.41, 5.74) is 2.45. The Morgan fingerprint density at radius 1 is 1.04 bits per heavy atom. The maximum Gasteiger partial charge on any atom is 0.258 e. The number of rotatable bonds is 9. The van der Waals surface area contributed by atoms with E-state index in [1.807, 2.05) is 36.4 Å². The van der Waals surface area contributed by atoms with Crippen molar-refractivity contribution in [3.05, 3.63) is 59.7 Å². The highest BCUT2D eigenvalue weighted by molar-refractivity contribution is 5.77. The fourth-order valence-electron chi connectivity index (χ4n) is 3.57. The molecule has 0 saturated carbocycles. The van der Waals surface area contributed by atoms with Crippen LogP contribution in [0.2, 0.25) is 0 Å². The second kappa shape index (κ2) is 10.1. The minimum absolute atomic E-state index is 0.0286. The van der Waals surface area contributed by atoms with Gasteiger partial charge in [0.1, 0.15) is 11.5 Å². The first-order valence-corrected chi connectivity index (χ1v) is 10.1. The van der Waals surface area contributed by atoms with E-state index in [-0.39, 0.29) is 18.6 Å². The zero-order chi connectivity index (χ0) is 19.8. The Balaban J connectivity index is 1.55. The summed E-state index contributed by atoms with van der Waals surface area (Å²) < 4.78 is 10.9. The summed E-state index contributed by atoms with van der Waals surface area (Å²) in [4.78, 5) is 14.8. The SMILES string of the molecule is CCc1ccc(OCC(=O)NCC(c2ccc(OC)cc2)N2CCCC2)cc1. The number of likely N-dealkylation sites (tertiary alicyclic amines) is 1. The van der Waals surface area contributed by atoms with Gasteiger partial charge >= 0.3 is 0 Å². The Bertz CT molecular complexity index is 737. The van der Waals surface area contributed by atoms with Crippen LogP contribution in [0.5, 0.6) is 11.5 Å².